The average molecular weight is 526 g/mol. The van der Waals surface area contributed by atoms with Crippen LogP contribution in [0.5, 0.6) is 5.75 Å². The van der Waals surface area contributed by atoms with Gasteiger partial charge in [0.25, 0.3) is 0 Å². The second-order valence-corrected chi connectivity index (χ2v) is 9.32. The summed E-state index contributed by atoms with van der Waals surface area (Å²) in [5.41, 5.74) is 4.10. The van der Waals surface area contributed by atoms with Crippen LogP contribution in [0.3, 0.4) is 0 Å². The molecule has 200 valence electrons. The number of carboxylic acids is 2. The molecule has 0 aliphatic rings. The van der Waals surface area contributed by atoms with Gasteiger partial charge in [-0.2, -0.15) is 0 Å². The van der Waals surface area contributed by atoms with Crippen molar-refractivity contribution in [1.29, 1.82) is 0 Å². The Morgan fingerprint density at radius 1 is 0.795 bits per heavy atom. The van der Waals surface area contributed by atoms with Gasteiger partial charge in [0, 0.05) is 18.0 Å². The molecule has 2 N–H and O–H groups in total. The minimum atomic E-state index is -1.06. The van der Waals surface area contributed by atoms with Gasteiger partial charge in [-0.15, -0.1) is 0 Å². The molecule has 0 atom stereocenters. The lowest BCUT2D eigenvalue weighted by molar-refractivity contribution is -0.137. The maximum atomic E-state index is 12.7. The highest BCUT2D eigenvalue weighted by Crippen LogP contribution is 2.28. The molecule has 4 aromatic rings. The van der Waals surface area contributed by atoms with E-state index >= 15 is 0 Å². The number of benzene rings is 3. The third kappa shape index (κ3) is 7.68. The number of hydrogen-bond donors (Lipinski definition) is 2. The highest BCUT2D eigenvalue weighted by Gasteiger charge is 2.18. The third-order valence-electron chi connectivity index (χ3n) is 6.41. The van der Waals surface area contributed by atoms with Crippen LogP contribution in [0.15, 0.2) is 79.0 Å². The van der Waals surface area contributed by atoms with Gasteiger partial charge in [0.15, 0.2) is 0 Å². The normalized spacial score (nSPS) is 11.2. The lowest BCUT2D eigenvalue weighted by Crippen LogP contribution is -2.11. The lowest BCUT2D eigenvalue weighted by Gasteiger charge is -2.07. The smallest absolute Gasteiger partial charge is 0.307 e. The first-order valence-electron chi connectivity index (χ1n) is 13.0. The van der Waals surface area contributed by atoms with Crippen molar-refractivity contribution in [3.05, 3.63) is 101 Å². The molecule has 3 aromatic carbocycles. The second kappa shape index (κ2) is 13.2. The Labute approximate surface area is 227 Å². The molecule has 1 heterocycles. The summed E-state index contributed by atoms with van der Waals surface area (Å²) < 4.78 is 7.24. The highest BCUT2D eigenvalue weighted by atomic mass is 16.5. The molecule has 0 radical (unpaired) electrons. The molecule has 0 spiro atoms. The maximum absolute atomic E-state index is 12.7. The molecule has 1 aromatic heterocycles. The Morgan fingerprint density at radius 3 is 2.28 bits per heavy atom. The number of nitrogens with zero attached hydrogens (tertiary/aromatic N) is 1. The van der Waals surface area contributed by atoms with Crippen LogP contribution in [0.2, 0.25) is 0 Å². The molecule has 0 aliphatic carbocycles. The van der Waals surface area contributed by atoms with Crippen LogP contribution in [-0.4, -0.2) is 39.2 Å². The average Bonchev–Trinajstić information content (AvgIpc) is 3.30. The monoisotopic (exact) mass is 525 g/mol. The fourth-order valence-electron chi connectivity index (χ4n) is 4.50. The summed E-state index contributed by atoms with van der Waals surface area (Å²) in [5, 5.41) is 19.0. The van der Waals surface area contributed by atoms with E-state index in [4.69, 9.17) is 9.84 Å². The maximum Gasteiger partial charge on any atom is 0.307 e. The van der Waals surface area contributed by atoms with Crippen LogP contribution in [0.4, 0.5) is 0 Å². The molecular weight excluding hydrogens is 494 g/mol. The second-order valence-electron chi connectivity index (χ2n) is 9.32. The predicted octanol–water partition coefficient (Wildman–Crippen LogP) is 6.35. The summed E-state index contributed by atoms with van der Waals surface area (Å²) in [5.74, 6) is -1.67. The number of carbonyl (C=O) groups is 3. The van der Waals surface area contributed by atoms with Gasteiger partial charge in [-0.05, 0) is 59.7 Å². The fraction of sp³-hybridized carbons (Fsp3) is 0.219. The number of aliphatic carboxylic acids is 2. The quantitative estimate of drug-likeness (QED) is 0.156. The van der Waals surface area contributed by atoms with E-state index in [0.29, 0.717) is 23.1 Å². The van der Waals surface area contributed by atoms with E-state index in [9.17, 15) is 19.5 Å². The number of hydrogen-bond acceptors (Lipinski definition) is 4. The zero-order valence-corrected chi connectivity index (χ0v) is 21.6. The molecule has 4 rings (SSSR count). The van der Waals surface area contributed by atoms with Gasteiger partial charge >= 0.3 is 11.9 Å². The third-order valence-corrected chi connectivity index (χ3v) is 6.41. The number of ether oxygens (including phenoxy) is 1. The summed E-state index contributed by atoms with van der Waals surface area (Å²) in [6.07, 6.45) is 7.67. The van der Waals surface area contributed by atoms with Crippen LogP contribution in [0.25, 0.3) is 23.1 Å². The summed E-state index contributed by atoms with van der Waals surface area (Å²) in [6, 6.07) is 23.6. The molecule has 0 bridgehead atoms. The van der Waals surface area contributed by atoms with E-state index in [1.165, 1.54) is 16.3 Å². The van der Waals surface area contributed by atoms with Crippen molar-refractivity contribution in [3.63, 3.8) is 0 Å². The van der Waals surface area contributed by atoms with Crippen LogP contribution in [-0.2, 0) is 22.4 Å². The Kier molecular flexibility index (Phi) is 9.29. The van der Waals surface area contributed by atoms with Crippen LogP contribution in [0, 0.1) is 0 Å². The van der Waals surface area contributed by atoms with Crippen LogP contribution in [0.1, 0.15) is 52.7 Å². The molecule has 7 heteroatoms. The number of aromatic nitrogens is 1. The highest BCUT2D eigenvalue weighted by molar-refractivity contribution is 6.01. The van der Waals surface area contributed by atoms with E-state index < -0.39 is 17.8 Å². The topological polar surface area (TPSA) is 106 Å². The van der Waals surface area contributed by atoms with Crippen LogP contribution >= 0.6 is 0 Å². The van der Waals surface area contributed by atoms with Crippen molar-refractivity contribution in [2.75, 3.05) is 6.61 Å². The number of unbranched alkanes of at least 4 members (excludes halogenated alkanes) is 1. The summed E-state index contributed by atoms with van der Waals surface area (Å²) in [6.45, 7) is 0.651. The predicted molar refractivity (Wildman–Crippen MR) is 151 cm³/mol. The van der Waals surface area contributed by atoms with Crippen molar-refractivity contribution in [2.45, 2.75) is 38.5 Å². The van der Waals surface area contributed by atoms with Crippen LogP contribution < -0.4 is 4.74 Å². The Bertz CT molecular complexity index is 1470. The Morgan fingerprint density at radius 2 is 1.56 bits per heavy atom. The molecule has 0 unspecified atom stereocenters. The SMILES string of the molecule is O=C(O)CCC(=O)n1cc(CC(=O)O)c2c(C=Cc3ccc(OCCCCc4ccccc4)cc3)cccc21. The van der Waals surface area contributed by atoms with Crippen molar-refractivity contribution >= 4 is 40.9 Å². The molecule has 39 heavy (non-hydrogen) atoms. The number of rotatable bonds is 13. The molecule has 7 nitrogen and oxygen atoms in total. The summed E-state index contributed by atoms with van der Waals surface area (Å²) in [7, 11) is 0. The minimum absolute atomic E-state index is 0.173. The minimum Gasteiger partial charge on any atom is -0.494 e. The number of aryl methyl sites for hydroxylation is 1. The van der Waals surface area contributed by atoms with Gasteiger partial charge < -0.3 is 14.9 Å². The molecule has 0 amide bonds. The molecular formula is C32H31NO6. The van der Waals surface area contributed by atoms with Gasteiger partial charge in [0.05, 0.1) is 25.0 Å². The largest absolute Gasteiger partial charge is 0.494 e. The zero-order chi connectivity index (χ0) is 27.6. The van der Waals surface area contributed by atoms with E-state index in [1.54, 1.807) is 12.1 Å². The number of fused-ring (bicyclic) bond motifs is 1. The Balaban J connectivity index is 1.43. The van der Waals surface area contributed by atoms with Gasteiger partial charge in [0.2, 0.25) is 5.91 Å². The van der Waals surface area contributed by atoms with E-state index in [2.05, 4.69) is 24.3 Å². The van der Waals surface area contributed by atoms with Crippen molar-refractivity contribution in [2.24, 2.45) is 0 Å². The Hall–Kier alpha value is -4.65. The first-order chi connectivity index (χ1) is 18.9. The molecule has 0 fully saturated rings. The first-order valence-corrected chi connectivity index (χ1v) is 13.0. The van der Waals surface area contributed by atoms with Crippen molar-refractivity contribution in [3.8, 4) is 5.75 Å². The van der Waals surface area contributed by atoms with E-state index in [-0.39, 0.29) is 19.3 Å². The molecule has 0 saturated carbocycles. The van der Waals surface area contributed by atoms with E-state index in [0.717, 1.165) is 36.1 Å². The summed E-state index contributed by atoms with van der Waals surface area (Å²) >= 11 is 0. The van der Waals surface area contributed by atoms with E-state index in [1.807, 2.05) is 48.6 Å². The zero-order valence-electron chi connectivity index (χ0n) is 21.6. The molecule has 0 aliphatic heterocycles. The van der Waals surface area contributed by atoms with Gasteiger partial charge in [-0.3, -0.25) is 19.0 Å². The van der Waals surface area contributed by atoms with Crippen molar-refractivity contribution < 1.29 is 29.3 Å². The first kappa shape index (κ1) is 27.4. The van der Waals surface area contributed by atoms with Gasteiger partial charge in [0.1, 0.15) is 5.75 Å². The van der Waals surface area contributed by atoms with Crippen molar-refractivity contribution in [1.82, 2.24) is 4.57 Å². The number of carboxylic acid groups (broad SMARTS) is 2. The van der Waals surface area contributed by atoms with Gasteiger partial charge in [-0.25, -0.2) is 0 Å². The fourth-order valence-corrected chi connectivity index (χ4v) is 4.50. The van der Waals surface area contributed by atoms with Gasteiger partial charge in [-0.1, -0.05) is 66.7 Å². The number of carbonyl (C=O) groups excluding carboxylic acids is 1. The molecule has 0 saturated heterocycles. The summed E-state index contributed by atoms with van der Waals surface area (Å²) in [4.78, 5) is 35.1. The lowest BCUT2D eigenvalue weighted by atomic mass is 10.0. The standard InChI is InChI=1S/C32H31NO6/c34-29(18-19-30(35)36)33-22-26(21-31(37)38)32-25(10-6-11-28(32)33)15-12-24-13-16-27(17-14-24)39-20-5-4-9-23-7-2-1-3-8-23/h1-3,6-8,10-17,22H,4-5,9,18-21H2,(H,35,36)(H,37,38).